The second-order valence-electron chi connectivity index (χ2n) is 11.7. The minimum Gasteiger partial charge on any atom is -0.462 e. The number of hydrogen-bond acceptors (Lipinski definition) is 5. The summed E-state index contributed by atoms with van der Waals surface area (Å²) in [7, 11) is 0. The van der Waals surface area contributed by atoms with E-state index in [9.17, 15) is 4.79 Å². The summed E-state index contributed by atoms with van der Waals surface area (Å²) in [5.41, 5.74) is 5.19. The number of hydrogen-bond donors (Lipinski definition) is 1. The number of aromatic nitrogens is 1. The van der Waals surface area contributed by atoms with Gasteiger partial charge in [0.05, 0.1) is 31.8 Å². The number of rotatable bonds is 11. The van der Waals surface area contributed by atoms with Gasteiger partial charge in [-0.15, -0.1) is 6.58 Å². The van der Waals surface area contributed by atoms with Gasteiger partial charge in [0, 0.05) is 48.4 Å². The molecule has 0 amide bonds. The average molecular weight is 565 g/mol. The fourth-order valence-electron chi connectivity index (χ4n) is 7.18. The molecule has 2 heterocycles. The first-order valence-electron chi connectivity index (χ1n) is 15.0. The fourth-order valence-corrected chi connectivity index (χ4v) is 7.18. The number of H-pyrrole nitrogens is 1. The molecule has 0 saturated carbocycles. The number of nitrogens with zero attached hydrogens (tertiary/aromatic N) is 1. The molecule has 0 spiro atoms. The molecular weight excluding hydrogens is 524 g/mol. The van der Waals surface area contributed by atoms with E-state index < -0.39 is 5.41 Å². The van der Waals surface area contributed by atoms with Crippen molar-refractivity contribution in [1.82, 2.24) is 9.88 Å². The van der Waals surface area contributed by atoms with Crippen LogP contribution in [0.2, 0.25) is 0 Å². The molecule has 6 nitrogen and oxygen atoms in total. The Kier molecular flexibility index (Phi) is 8.56. The van der Waals surface area contributed by atoms with Gasteiger partial charge in [-0.1, -0.05) is 84.9 Å². The molecular formula is C36H40N2O4. The Bertz CT molecular complexity index is 1450. The largest absolute Gasteiger partial charge is 0.462 e. The van der Waals surface area contributed by atoms with Crippen LogP contribution in [0.3, 0.4) is 0 Å². The molecule has 3 aromatic carbocycles. The lowest BCUT2D eigenvalue weighted by molar-refractivity contribution is -0.153. The second-order valence-corrected chi connectivity index (χ2v) is 11.7. The van der Waals surface area contributed by atoms with Crippen molar-refractivity contribution in [2.75, 3.05) is 26.3 Å². The van der Waals surface area contributed by atoms with Crippen LogP contribution in [-0.4, -0.2) is 48.3 Å². The van der Waals surface area contributed by atoms with Crippen molar-refractivity contribution >= 4 is 16.9 Å². The lowest BCUT2D eigenvalue weighted by Gasteiger charge is -2.43. The highest BCUT2D eigenvalue weighted by atomic mass is 16.5. The molecule has 3 atom stereocenters. The Hall–Kier alpha value is -3.71. The number of carbonyl (C=O) groups excluding carboxylic acids is 1. The van der Waals surface area contributed by atoms with Gasteiger partial charge >= 0.3 is 5.97 Å². The third-order valence-electron chi connectivity index (χ3n) is 8.98. The van der Waals surface area contributed by atoms with Crippen molar-refractivity contribution in [1.29, 1.82) is 0 Å². The van der Waals surface area contributed by atoms with E-state index in [-0.39, 0.29) is 24.0 Å². The molecule has 42 heavy (non-hydrogen) atoms. The highest BCUT2D eigenvalue weighted by molar-refractivity contribution is 5.86. The van der Waals surface area contributed by atoms with Crippen LogP contribution in [0.25, 0.3) is 10.9 Å². The monoisotopic (exact) mass is 564 g/mol. The number of fused-ring (bicyclic) bond motifs is 7. The van der Waals surface area contributed by atoms with E-state index in [1.807, 2.05) is 42.5 Å². The van der Waals surface area contributed by atoms with Crippen LogP contribution in [0.4, 0.5) is 0 Å². The van der Waals surface area contributed by atoms with Crippen LogP contribution in [0.5, 0.6) is 0 Å². The number of esters is 1. The zero-order valence-electron chi connectivity index (χ0n) is 24.3. The second kappa shape index (κ2) is 12.7. The van der Waals surface area contributed by atoms with E-state index in [1.54, 1.807) is 0 Å². The first kappa shape index (κ1) is 28.4. The summed E-state index contributed by atoms with van der Waals surface area (Å²) >= 11 is 0. The van der Waals surface area contributed by atoms with Gasteiger partial charge in [0.1, 0.15) is 6.10 Å². The van der Waals surface area contributed by atoms with Crippen molar-refractivity contribution in [3.05, 3.63) is 120 Å². The van der Waals surface area contributed by atoms with Crippen LogP contribution in [-0.2, 0) is 37.6 Å². The van der Waals surface area contributed by atoms with Gasteiger partial charge in [0.15, 0.2) is 0 Å². The van der Waals surface area contributed by atoms with E-state index in [2.05, 4.69) is 65.0 Å². The predicted octanol–water partition coefficient (Wildman–Crippen LogP) is 6.72. The quantitative estimate of drug-likeness (QED) is 0.162. The van der Waals surface area contributed by atoms with Crippen molar-refractivity contribution < 1.29 is 19.0 Å². The van der Waals surface area contributed by atoms with E-state index in [1.165, 1.54) is 17.9 Å². The first-order valence-corrected chi connectivity index (χ1v) is 15.0. The van der Waals surface area contributed by atoms with E-state index in [0.29, 0.717) is 32.8 Å². The highest BCUT2D eigenvalue weighted by Gasteiger charge is 2.54. The van der Waals surface area contributed by atoms with Crippen molar-refractivity contribution in [2.45, 2.75) is 50.5 Å². The van der Waals surface area contributed by atoms with Crippen molar-refractivity contribution in [2.24, 2.45) is 5.92 Å². The maximum Gasteiger partial charge on any atom is 0.302 e. The Morgan fingerprint density at radius 2 is 1.57 bits per heavy atom. The number of nitrogens with one attached hydrogen (secondary N) is 1. The summed E-state index contributed by atoms with van der Waals surface area (Å²) in [6.45, 7) is 9.08. The molecule has 218 valence electrons. The molecule has 2 aliphatic rings. The van der Waals surface area contributed by atoms with Gasteiger partial charge in [-0.25, -0.2) is 0 Å². The summed E-state index contributed by atoms with van der Waals surface area (Å²) in [6.07, 6.45) is 3.26. The molecule has 1 saturated heterocycles. The third-order valence-corrected chi connectivity index (χ3v) is 8.98. The molecule has 0 radical (unpaired) electrons. The summed E-state index contributed by atoms with van der Waals surface area (Å²) in [6, 6.07) is 29.1. The number of ether oxygens (including phenoxy) is 3. The topological polar surface area (TPSA) is 63.8 Å². The van der Waals surface area contributed by atoms with Gasteiger partial charge in [0.25, 0.3) is 0 Å². The molecule has 1 aromatic heterocycles. The summed E-state index contributed by atoms with van der Waals surface area (Å²) in [5, 5.41) is 1.20. The van der Waals surface area contributed by atoms with Gasteiger partial charge in [-0.2, -0.15) is 0 Å². The van der Waals surface area contributed by atoms with Gasteiger partial charge in [-0.3, -0.25) is 9.69 Å². The maximum absolute atomic E-state index is 12.5. The van der Waals surface area contributed by atoms with Crippen LogP contribution in [0.1, 0.15) is 48.2 Å². The van der Waals surface area contributed by atoms with Gasteiger partial charge < -0.3 is 19.2 Å². The number of carbonyl (C=O) groups is 1. The molecule has 6 heteroatoms. The third kappa shape index (κ3) is 5.67. The number of likely N-dealkylation sites (tertiary alicyclic amines) is 1. The highest BCUT2D eigenvalue weighted by Crippen LogP contribution is 2.52. The minimum absolute atomic E-state index is 0.0143. The molecule has 1 fully saturated rings. The molecule has 1 aliphatic heterocycles. The zero-order chi connectivity index (χ0) is 28.9. The minimum atomic E-state index is -0.562. The SMILES string of the molecule is C=CCN1CCC2C(OC(C)=O)CC1c1c([nH]c3ccccc13)C2(COCc1ccccc1)COCc1ccccc1. The predicted molar refractivity (Wildman–Crippen MR) is 165 cm³/mol. The summed E-state index contributed by atoms with van der Waals surface area (Å²) in [5.74, 6) is -0.264. The molecule has 3 unspecified atom stereocenters. The lowest BCUT2D eigenvalue weighted by Crippen LogP contribution is -2.50. The first-order chi connectivity index (χ1) is 20.6. The molecule has 6 rings (SSSR count). The smallest absolute Gasteiger partial charge is 0.302 e. The van der Waals surface area contributed by atoms with Crippen LogP contribution >= 0.6 is 0 Å². The van der Waals surface area contributed by atoms with Crippen molar-refractivity contribution in [3.8, 4) is 0 Å². The van der Waals surface area contributed by atoms with Gasteiger partial charge in [-0.05, 0) is 35.7 Å². The van der Waals surface area contributed by atoms with Crippen LogP contribution in [0, 0.1) is 5.92 Å². The van der Waals surface area contributed by atoms with Gasteiger partial charge in [0.2, 0.25) is 0 Å². The summed E-state index contributed by atoms with van der Waals surface area (Å²) in [4.78, 5) is 18.9. The Balaban J connectivity index is 1.48. The zero-order valence-corrected chi connectivity index (χ0v) is 24.3. The van der Waals surface area contributed by atoms with Crippen molar-refractivity contribution in [3.63, 3.8) is 0 Å². The number of para-hydroxylation sites is 1. The molecule has 4 aromatic rings. The number of aromatic amines is 1. The van der Waals surface area contributed by atoms with Crippen LogP contribution in [0.15, 0.2) is 97.6 Å². The van der Waals surface area contributed by atoms with Crippen LogP contribution < -0.4 is 0 Å². The molecule has 2 bridgehead atoms. The number of benzene rings is 3. The van der Waals surface area contributed by atoms with E-state index in [0.717, 1.165) is 41.8 Å². The standard InChI is InChI=1S/C36H40N2O4/c1-3-19-38-20-18-30-33(42-26(2)39)21-32(38)34-29-16-10-11-17-31(29)37-35(34)36(30,24-40-22-27-12-6-4-7-13-27)25-41-23-28-14-8-5-9-15-28/h3-17,30,32-33,37H,1,18-25H2,2H3. The summed E-state index contributed by atoms with van der Waals surface area (Å²) < 4.78 is 19.4. The van der Waals surface area contributed by atoms with E-state index in [4.69, 9.17) is 14.2 Å². The van der Waals surface area contributed by atoms with E-state index >= 15 is 0 Å². The Morgan fingerprint density at radius 1 is 0.952 bits per heavy atom. The maximum atomic E-state index is 12.5. The Morgan fingerprint density at radius 3 is 2.19 bits per heavy atom. The molecule has 1 aliphatic carbocycles. The lowest BCUT2D eigenvalue weighted by atomic mass is 9.69. The molecule has 1 N–H and O–H groups in total. The fraction of sp³-hybridized carbons (Fsp3) is 0.361. The average Bonchev–Trinajstić information content (AvgIpc) is 3.25. The normalized spacial score (nSPS) is 21.4. The Labute approximate surface area is 248 Å².